The van der Waals surface area contributed by atoms with Crippen LogP contribution >= 0.6 is 0 Å². The van der Waals surface area contributed by atoms with Gasteiger partial charge in [-0.3, -0.25) is 0 Å². The fraction of sp³-hybridized carbons (Fsp3) is 0.818. The van der Waals surface area contributed by atoms with Crippen LogP contribution in [0.25, 0.3) is 0 Å². The second-order valence-corrected chi connectivity index (χ2v) is 4.05. The van der Waals surface area contributed by atoms with Gasteiger partial charge in [0.25, 0.3) is 0 Å². The molecule has 1 N–H and O–H groups in total. The molecule has 0 radical (unpaired) electrons. The summed E-state index contributed by atoms with van der Waals surface area (Å²) in [5, 5.41) is 3.55. The third kappa shape index (κ3) is 2.87. The highest BCUT2D eigenvalue weighted by Gasteiger charge is 2.20. The summed E-state index contributed by atoms with van der Waals surface area (Å²) in [6.07, 6.45) is 10.4. The summed E-state index contributed by atoms with van der Waals surface area (Å²) in [6.45, 7) is 4.39. The highest BCUT2D eigenvalue weighted by Crippen LogP contribution is 2.23. The summed E-state index contributed by atoms with van der Waals surface area (Å²) in [6, 6.07) is 1.26. The fourth-order valence-electron chi connectivity index (χ4n) is 1.96. The van der Waals surface area contributed by atoms with Crippen molar-refractivity contribution >= 4 is 0 Å². The van der Waals surface area contributed by atoms with Gasteiger partial charge in [-0.1, -0.05) is 20.3 Å². The van der Waals surface area contributed by atoms with Crippen molar-refractivity contribution in [3.63, 3.8) is 0 Å². The molecule has 1 nitrogen and oxygen atoms in total. The molecule has 68 valence electrons. The molecule has 1 aliphatic rings. The van der Waals surface area contributed by atoms with Gasteiger partial charge < -0.3 is 5.32 Å². The van der Waals surface area contributed by atoms with Crippen molar-refractivity contribution in [2.75, 3.05) is 0 Å². The monoisotopic (exact) mass is 165 g/mol. The minimum atomic E-state index is 0.523. The molecule has 1 heteroatoms. The molecule has 2 atom stereocenters. The lowest BCUT2D eigenvalue weighted by atomic mass is 9.86. The summed E-state index contributed by atoms with van der Waals surface area (Å²) in [7, 11) is 0. The number of terminal acetylenes is 1. The highest BCUT2D eigenvalue weighted by atomic mass is 14.9. The first-order chi connectivity index (χ1) is 5.72. The smallest absolute Gasteiger partial charge is 0.0215 e. The van der Waals surface area contributed by atoms with Crippen LogP contribution in [0.1, 0.15) is 39.5 Å². The molecule has 2 unspecified atom stereocenters. The molecule has 0 aromatic rings. The predicted molar refractivity (Wildman–Crippen MR) is 52.9 cm³/mol. The molecule has 0 spiro atoms. The molecule has 1 aliphatic carbocycles. The van der Waals surface area contributed by atoms with Crippen LogP contribution in [0.4, 0.5) is 0 Å². The van der Waals surface area contributed by atoms with Crippen LogP contribution in [0.3, 0.4) is 0 Å². The SMILES string of the molecule is C#CC1CCCC(NC(C)C)C1. The standard InChI is InChI=1S/C11H19N/c1-4-10-6-5-7-11(8-10)12-9(2)3/h1,9-12H,5-8H2,2-3H3. The van der Waals surface area contributed by atoms with Crippen molar-refractivity contribution in [2.45, 2.75) is 51.6 Å². The van der Waals surface area contributed by atoms with E-state index in [1.165, 1.54) is 25.7 Å². The summed E-state index contributed by atoms with van der Waals surface area (Å²) in [5.74, 6) is 3.39. The van der Waals surface area contributed by atoms with Gasteiger partial charge in [0, 0.05) is 18.0 Å². The number of hydrogen-bond acceptors (Lipinski definition) is 1. The van der Waals surface area contributed by atoms with Gasteiger partial charge in [-0.05, 0) is 19.3 Å². The molecule has 1 saturated carbocycles. The van der Waals surface area contributed by atoms with Crippen molar-refractivity contribution in [1.29, 1.82) is 0 Å². The Hall–Kier alpha value is -0.480. The lowest BCUT2D eigenvalue weighted by molar-refractivity contribution is 0.314. The molecule has 0 amide bonds. The highest BCUT2D eigenvalue weighted by molar-refractivity contribution is 4.97. The van der Waals surface area contributed by atoms with Gasteiger partial charge in [0.05, 0.1) is 0 Å². The maximum atomic E-state index is 5.42. The summed E-state index contributed by atoms with van der Waals surface area (Å²) >= 11 is 0. The summed E-state index contributed by atoms with van der Waals surface area (Å²) in [4.78, 5) is 0. The van der Waals surface area contributed by atoms with E-state index in [4.69, 9.17) is 6.42 Å². The molecular formula is C11H19N. The number of rotatable bonds is 2. The molecule has 0 bridgehead atoms. The Morgan fingerprint density at radius 3 is 2.75 bits per heavy atom. The molecule has 0 aromatic carbocycles. The second kappa shape index (κ2) is 4.52. The number of nitrogens with one attached hydrogen (secondary N) is 1. The Balaban J connectivity index is 2.32. The topological polar surface area (TPSA) is 12.0 Å². The van der Waals surface area contributed by atoms with Crippen molar-refractivity contribution in [2.24, 2.45) is 5.92 Å². The van der Waals surface area contributed by atoms with E-state index in [9.17, 15) is 0 Å². The van der Waals surface area contributed by atoms with E-state index < -0.39 is 0 Å². The average Bonchev–Trinajstić information content (AvgIpc) is 2.03. The van der Waals surface area contributed by atoms with Gasteiger partial charge in [0.2, 0.25) is 0 Å². The maximum absolute atomic E-state index is 5.42. The predicted octanol–water partition coefficient (Wildman–Crippen LogP) is 2.18. The first-order valence-electron chi connectivity index (χ1n) is 4.94. The lowest BCUT2D eigenvalue weighted by Gasteiger charge is -2.28. The molecular weight excluding hydrogens is 146 g/mol. The van der Waals surface area contributed by atoms with Gasteiger partial charge in [0.15, 0.2) is 0 Å². The number of hydrogen-bond donors (Lipinski definition) is 1. The van der Waals surface area contributed by atoms with Gasteiger partial charge in [-0.15, -0.1) is 12.3 Å². The van der Waals surface area contributed by atoms with E-state index in [2.05, 4.69) is 25.1 Å². The average molecular weight is 165 g/mol. The first kappa shape index (κ1) is 9.61. The van der Waals surface area contributed by atoms with Crippen LogP contribution in [0.15, 0.2) is 0 Å². The minimum absolute atomic E-state index is 0.523. The fourth-order valence-corrected chi connectivity index (χ4v) is 1.96. The maximum Gasteiger partial charge on any atom is 0.0215 e. The third-order valence-electron chi connectivity index (χ3n) is 2.48. The minimum Gasteiger partial charge on any atom is -0.312 e. The van der Waals surface area contributed by atoms with Crippen molar-refractivity contribution in [1.82, 2.24) is 5.32 Å². The largest absolute Gasteiger partial charge is 0.312 e. The van der Waals surface area contributed by atoms with Gasteiger partial charge >= 0.3 is 0 Å². The van der Waals surface area contributed by atoms with E-state index in [0.29, 0.717) is 18.0 Å². The van der Waals surface area contributed by atoms with E-state index in [-0.39, 0.29) is 0 Å². The molecule has 0 saturated heterocycles. The first-order valence-corrected chi connectivity index (χ1v) is 4.94. The quantitative estimate of drug-likeness (QED) is 0.618. The van der Waals surface area contributed by atoms with Crippen LogP contribution in [0.2, 0.25) is 0 Å². The van der Waals surface area contributed by atoms with E-state index in [1.54, 1.807) is 0 Å². The zero-order valence-electron chi connectivity index (χ0n) is 8.14. The third-order valence-corrected chi connectivity index (χ3v) is 2.48. The molecule has 0 aliphatic heterocycles. The zero-order chi connectivity index (χ0) is 8.97. The molecule has 12 heavy (non-hydrogen) atoms. The second-order valence-electron chi connectivity index (χ2n) is 4.05. The Bertz CT molecular complexity index is 166. The Morgan fingerprint density at radius 2 is 2.17 bits per heavy atom. The van der Waals surface area contributed by atoms with Crippen molar-refractivity contribution in [3.05, 3.63) is 0 Å². The van der Waals surface area contributed by atoms with Crippen LogP contribution in [0, 0.1) is 18.3 Å². The molecule has 1 rings (SSSR count). The van der Waals surface area contributed by atoms with E-state index in [1.807, 2.05) is 0 Å². The van der Waals surface area contributed by atoms with Crippen LogP contribution in [-0.4, -0.2) is 12.1 Å². The summed E-state index contributed by atoms with van der Waals surface area (Å²) in [5.41, 5.74) is 0. The Labute approximate surface area is 75.9 Å². The Kier molecular flexibility index (Phi) is 3.62. The van der Waals surface area contributed by atoms with E-state index >= 15 is 0 Å². The van der Waals surface area contributed by atoms with Crippen molar-refractivity contribution in [3.8, 4) is 12.3 Å². The normalized spacial score (nSPS) is 30.2. The zero-order valence-corrected chi connectivity index (χ0v) is 8.14. The van der Waals surface area contributed by atoms with Crippen LogP contribution in [0.5, 0.6) is 0 Å². The molecule has 1 fully saturated rings. The Morgan fingerprint density at radius 1 is 1.42 bits per heavy atom. The van der Waals surface area contributed by atoms with Crippen LogP contribution in [-0.2, 0) is 0 Å². The van der Waals surface area contributed by atoms with Gasteiger partial charge in [-0.2, -0.15) is 0 Å². The van der Waals surface area contributed by atoms with Gasteiger partial charge in [0.1, 0.15) is 0 Å². The molecule has 0 heterocycles. The van der Waals surface area contributed by atoms with E-state index in [0.717, 1.165) is 0 Å². The van der Waals surface area contributed by atoms with Crippen LogP contribution < -0.4 is 5.32 Å². The molecule has 0 aromatic heterocycles. The summed E-state index contributed by atoms with van der Waals surface area (Å²) < 4.78 is 0. The van der Waals surface area contributed by atoms with Crippen molar-refractivity contribution < 1.29 is 0 Å². The lowest BCUT2D eigenvalue weighted by Crippen LogP contribution is -2.38. The van der Waals surface area contributed by atoms with Gasteiger partial charge in [-0.25, -0.2) is 0 Å².